The van der Waals surface area contributed by atoms with E-state index in [1.165, 1.54) is 58.8 Å². The highest BCUT2D eigenvalue weighted by Gasteiger charge is 2.31. The number of rotatable bonds is 5. The molecule has 2 aromatic carbocycles. The van der Waals surface area contributed by atoms with Gasteiger partial charge in [0.1, 0.15) is 4.90 Å². The highest BCUT2D eigenvalue weighted by atomic mass is 35.5. The lowest BCUT2D eigenvalue weighted by Gasteiger charge is -2.33. The minimum Gasteiger partial charge on any atom is -0.494 e. The average Bonchev–Trinajstić information content (AvgIpc) is 2.73. The first kappa shape index (κ1) is 22.6. The van der Waals surface area contributed by atoms with Gasteiger partial charge in [-0.1, -0.05) is 29.3 Å². The lowest BCUT2D eigenvalue weighted by Crippen LogP contribution is -2.50. The van der Waals surface area contributed by atoms with Gasteiger partial charge in [-0.25, -0.2) is 12.8 Å². The maximum atomic E-state index is 13.7. The van der Waals surface area contributed by atoms with Crippen LogP contribution in [0.2, 0.25) is 10.0 Å². The highest BCUT2D eigenvalue weighted by Crippen LogP contribution is 2.28. The molecule has 0 spiro atoms. The smallest absolute Gasteiger partial charge is 0.246 e. The van der Waals surface area contributed by atoms with Gasteiger partial charge in [0.05, 0.1) is 12.1 Å². The number of piperazine rings is 1. The fourth-order valence-corrected chi connectivity index (χ4v) is 5.18. The van der Waals surface area contributed by atoms with Crippen molar-refractivity contribution in [1.29, 1.82) is 0 Å². The number of hydrogen-bond donors (Lipinski definition) is 0. The summed E-state index contributed by atoms with van der Waals surface area (Å²) in [6.45, 7) is 0.693. The van der Waals surface area contributed by atoms with Gasteiger partial charge >= 0.3 is 0 Å². The van der Waals surface area contributed by atoms with Crippen LogP contribution in [0.1, 0.15) is 5.56 Å². The number of nitrogens with zero attached hydrogens (tertiary/aromatic N) is 2. The normalized spacial score (nSPS) is 15.5. The fraction of sp³-hybridized carbons (Fsp3) is 0.250. The number of benzene rings is 2. The second-order valence-corrected chi connectivity index (χ2v) is 9.28. The van der Waals surface area contributed by atoms with Crippen LogP contribution < -0.4 is 4.74 Å². The number of halogens is 3. The Morgan fingerprint density at radius 2 is 1.80 bits per heavy atom. The monoisotopic (exact) mass is 472 g/mol. The average molecular weight is 473 g/mol. The third-order valence-electron chi connectivity index (χ3n) is 4.66. The van der Waals surface area contributed by atoms with Crippen molar-refractivity contribution in [3.05, 3.63) is 63.9 Å². The second kappa shape index (κ2) is 9.34. The van der Waals surface area contributed by atoms with Gasteiger partial charge in [-0.3, -0.25) is 4.79 Å². The molecule has 1 amide bonds. The molecule has 6 nitrogen and oxygen atoms in total. The van der Waals surface area contributed by atoms with E-state index in [9.17, 15) is 17.6 Å². The van der Waals surface area contributed by atoms with Crippen molar-refractivity contribution in [1.82, 2.24) is 9.21 Å². The first-order chi connectivity index (χ1) is 14.2. The van der Waals surface area contributed by atoms with Crippen LogP contribution in [0.4, 0.5) is 4.39 Å². The van der Waals surface area contributed by atoms with Crippen LogP contribution in [0.5, 0.6) is 5.75 Å². The van der Waals surface area contributed by atoms with Gasteiger partial charge < -0.3 is 9.64 Å². The Morgan fingerprint density at radius 3 is 2.43 bits per heavy atom. The largest absolute Gasteiger partial charge is 0.494 e. The van der Waals surface area contributed by atoms with Gasteiger partial charge in [-0.2, -0.15) is 4.31 Å². The molecular weight excluding hydrogens is 454 g/mol. The Balaban J connectivity index is 1.64. The number of methoxy groups -OCH3 is 1. The summed E-state index contributed by atoms with van der Waals surface area (Å²) < 4.78 is 45.6. The third kappa shape index (κ3) is 4.95. The quantitative estimate of drug-likeness (QED) is 0.622. The molecule has 0 saturated carbocycles. The van der Waals surface area contributed by atoms with Crippen molar-refractivity contribution in [3.63, 3.8) is 0 Å². The van der Waals surface area contributed by atoms with Crippen molar-refractivity contribution >= 4 is 45.2 Å². The van der Waals surface area contributed by atoms with Crippen LogP contribution in [0, 0.1) is 5.82 Å². The Labute approximate surface area is 184 Å². The second-order valence-electron chi connectivity index (χ2n) is 6.53. The van der Waals surface area contributed by atoms with Crippen LogP contribution in [-0.4, -0.2) is 56.8 Å². The standard InChI is InChI=1S/C20H19Cl2FN2O4S/c1-29-18-6-2-14(12-17(18)23)3-7-20(26)24-8-10-25(11-9-24)30(27,28)19-13-15(21)4-5-16(19)22/h2-7,12-13H,8-11H2,1H3/b7-3+. The SMILES string of the molecule is COc1ccc(/C=C/C(=O)N2CCN(S(=O)(=O)c3cc(Cl)ccc3Cl)CC2)cc1F. The molecule has 3 rings (SSSR count). The van der Waals surface area contributed by atoms with E-state index in [1.54, 1.807) is 6.07 Å². The third-order valence-corrected chi connectivity index (χ3v) is 7.27. The summed E-state index contributed by atoms with van der Waals surface area (Å²) in [6.07, 6.45) is 2.83. The Morgan fingerprint density at radius 1 is 1.10 bits per heavy atom. The van der Waals surface area contributed by atoms with E-state index >= 15 is 0 Å². The molecule has 0 aromatic heterocycles. The first-order valence-electron chi connectivity index (χ1n) is 8.98. The predicted molar refractivity (Wildman–Crippen MR) is 114 cm³/mol. The number of sulfonamides is 1. The Hall–Kier alpha value is -2.13. The molecule has 1 aliphatic heterocycles. The fourth-order valence-electron chi connectivity index (χ4n) is 3.02. The molecule has 0 unspecified atom stereocenters. The lowest BCUT2D eigenvalue weighted by atomic mass is 10.2. The van der Waals surface area contributed by atoms with Crippen LogP contribution >= 0.6 is 23.2 Å². The summed E-state index contributed by atoms with van der Waals surface area (Å²) in [6, 6.07) is 8.63. The van der Waals surface area contributed by atoms with Gasteiger partial charge in [0.25, 0.3) is 0 Å². The summed E-state index contributed by atoms with van der Waals surface area (Å²) >= 11 is 11.9. The van der Waals surface area contributed by atoms with Crippen LogP contribution in [0.25, 0.3) is 6.08 Å². The van der Waals surface area contributed by atoms with Gasteiger partial charge in [0.15, 0.2) is 11.6 Å². The zero-order valence-electron chi connectivity index (χ0n) is 16.0. The maximum absolute atomic E-state index is 13.7. The zero-order valence-corrected chi connectivity index (χ0v) is 18.3. The number of carbonyl (C=O) groups is 1. The van der Waals surface area contributed by atoms with Crippen molar-refractivity contribution in [2.24, 2.45) is 0 Å². The molecule has 160 valence electrons. The summed E-state index contributed by atoms with van der Waals surface area (Å²) in [5, 5.41) is 0.361. The van der Waals surface area contributed by atoms with Gasteiger partial charge in [0.2, 0.25) is 15.9 Å². The van der Waals surface area contributed by atoms with E-state index in [0.29, 0.717) is 5.56 Å². The number of amides is 1. The van der Waals surface area contributed by atoms with E-state index in [4.69, 9.17) is 27.9 Å². The summed E-state index contributed by atoms with van der Waals surface area (Å²) in [5.41, 5.74) is 0.512. The molecule has 0 bridgehead atoms. The lowest BCUT2D eigenvalue weighted by molar-refractivity contribution is -0.127. The first-order valence-corrected chi connectivity index (χ1v) is 11.2. The van der Waals surface area contributed by atoms with Crippen LogP contribution in [-0.2, 0) is 14.8 Å². The van der Waals surface area contributed by atoms with E-state index in [-0.39, 0.29) is 52.8 Å². The number of hydrogen-bond acceptors (Lipinski definition) is 4. The topological polar surface area (TPSA) is 66.9 Å². The number of ether oxygens (including phenoxy) is 1. The molecule has 0 N–H and O–H groups in total. The molecular formula is C20H19Cl2FN2O4S. The van der Waals surface area contributed by atoms with Crippen molar-refractivity contribution < 1.29 is 22.3 Å². The van der Waals surface area contributed by atoms with Crippen molar-refractivity contribution in [2.45, 2.75) is 4.90 Å². The van der Waals surface area contributed by atoms with Gasteiger partial charge in [-0.15, -0.1) is 0 Å². The molecule has 2 aromatic rings. The predicted octanol–water partition coefficient (Wildman–Crippen LogP) is 3.69. The van der Waals surface area contributed by atoms with E-state index in [1.807, 2.05) is 0 Å². The summed E-state index contributed by atoms with van der Waals surface area (Å²) in [5.74, 6) is -0.690. The molecule has 1 fully saturated rings. The Bertz CT molecular complexity index is 1080. The molecule has 0 atom stereocenters. The molecule has 1 saturated heterocycles. The van der Waals surface area contributed by atoms with Crippen molar-refractivity contribution in [3.8, 4) is 5.75 Å². The number of carbonyl (C=O) groups excluding carboxylic acids is 1. The minimum atomic E-state index is -3.82. The van der Waals surface area contributed by atoms with Crippen molar-refractivity contribution in [2.75, 3.05) is 33.3 Å². The minimum absolute atomic E-state index is 0.0575. The Kier molecular flexibility index (Phi) is 7.02. The van der Waals surface area contributed by atoms with E-state index in [2.05, 4.69) is 0 Å². The molecule has 0 aliphatic carbocycles. The maximum Gasteiger partial charge on any atom is 0.246 e. The van der Waals surface area contributed by atoms with Gasteiger partial charge in [0, 0.05) is 37.3 Å². The molecule has 30 heavy (non-hydrogen) atoms. The highest BCUT2D eigenvalue weighted by molar-refractivity contribution is 7.89. The molecule has 10 heteroatoms. The van der Waals surface area contributed by atoms with E-state index < -0.39 is 15.8 Å². The molecule has 1 aliphatic rings. The van der Waals surface area contributed by atoms with Crippen LogP contribution in [0.15, 0.2) is 47.4 Å². The molecule has 1 heterocycles. The van der Waals surface area contributed by atoms with Gasteiger partial charge in [-0.05, 0) is 42.0 Å². The zero-order chi connectivity index (χ0) is 21.9. The molecule has 0 radical (unpaired) electrons. The summed E-state index contributed by atoms with van der Waals surface area (Å²) in [7, 11) is -2.45. The van der Waals surface area contributed by atoms with Crippen LogP contribution in [0.3, 0.4) is 0 Å². The van der Waals surface area contributed by atoms with E-state index in [0.717, 1.165) is 0 Å². The summed E-state index contributed by atoms with van der Waals surface area (Å²) in [4.78, 5) is 13.9.